The van der Waals surface area contributed by atoms with Crippen molar-refractivity contribution in [1.29, 1.82) is 0 Å². The van der Waals surface area contributed by atoms with Gasteiger partial charge in [0.1, 0.15) is 0 Å². The van der Waals surface area contributed by atoms with Gasteiger partial charge in [-0.3, -0.25) is 9.52 Å². The van der Waals surface area contributed by atoms with Crippen molar-refractivity contribution < 1.29 is 13.2 Å². The second kappa shape index (κ2) is 8.50. The number of sulfonamides is 1. The molecule has 0 unspecified atom stereocenters. The Morgan fingerprint density at radius 1 is 0.833 bits per heavy atom. The van der Waals surface area contributed by atoms with E-state index in [-0.39, 0.29) is 10.8 Å². The summed E-state index contributed by atoms with van der Waals surface area (Å²) < 4.78 is 27.6. The standard InChI is InChI=1S/C21H21N5O3S/c27-20(25-13-15-26(16-14-25)21-22-11-4-12-23-21)17-7-9-19(10-8-17)30(28,29)24-18-5-2-1-3-6-18/h1-12,24H,13-16H2. The first-order valence-corrected chi connectivity index (χ1v) is 11.0. The van der Waals surface area contributed by atoms with Crippen molar-refractivity contribution in [3.63, 3.8) is 0 Å². The molecule has 1 aliphatic heterocycles. The van der Waals surface area contributed by atoms with E-state index in [0.29, 0.717) is 43.4 Å². The molecule has 3 aromatic rings. The van der Waals surface area contributed by atoms with Gasteiger partial charge < -0.3 is 9.80 Å². The lowest BCUT2D eigenvalue weighted by Gasteiger charge is -2.34. The molecule has 2 aromatic carbocycles. The monoisotopic (exact) mass is 423 g/mol. The zero-order chi connectivity index (χ0) is 21.0. The fourth-order valence-corrected chi connectivity index (χ4v) is 4.30. The van der Waals surface area contributed by atoms with Crippen LogP contribution in [-0.4, -0.2) is 55.4 Å². The molecular formula is C21H21N5O3S. The summed E-state index contributed by atoms with van der Waals surface area (Å²) in [5.41, 5.74) is 0.941. The van der Waals surface area contributed by atoms with Crippen molar-refractivity contribution in [3.8, 4) is 0 Å². The SMILES string of the molecule is O=C(c1ccc(S(=O)(=O)Nc2ccccc2)cc1)N1CCN(c2ncccn2)CC1. The number of hydrogen-bond acceptors (Lipinski definition) is 6. The predicted octanol–water partition coefficient (Wildman–Crippen LogP) is 2.24. The normalized spacial score (nSPS) is 14.4. The molecule has 8 nitrogen and oxygen atoms in total. The molecule has 1 aliphatic rings. The Labute approximate surface area is 175 Å². The van der Waals surface area contributed by atoms with Gasteiger partial charge in [-0.25, -0.2) is 18.4 Å². The maximum absolute atomic E-state index is 12.8. The lowest BCUT2D eigenvalue weighted by atomic mass is 10.2. The quantitative estimate of drug-likeness (QED) is 0.676. The van der Waals surface area contributed by atoms with Gasteiger partial charge in [0, 0.05) is 49.8 Å². The predicted molar refractivity (Wildman–Crippen MR) is 114 cm³/mol. The van der Waals surface area contributed by atoms with Crippen molar-refractivity contribution in [2.45, 2.75) is 4.90 Å². The Balaban J connectivity index is 1.40. The Hall–Kier alpha value is -3.46. The van der Waals surface area contributed by atoms with Gasteiger partial charge in [0.25, 0.3) is 15.9 Å². The van der Waals surface area contributed by atoms with Crippen LogP contribution in [0.25, 0.3) is 0 Å². The second-order valence-corrected chi connectivity index (χ2v) is 8.51. The van der Waals surface area contributed by atoms with Crippen molar-refractivity contribution in [3.05, 3.63) is 78.6 Å². The first-order chi connectivity index (χ1) is 14.5. The molecule has 0 aliphatic carbocycles. The molecule has 30 heavy (non-hydrogen) atoms. The minimum atomic E-state index is -3.71. The van der Waals surface area contributed by atoms with Crippen LogP contribution in [-0.2, 0) is 10.0 Å². The summed E-state index contributed by atoms with van der Waals surface area (Å²) in [7, 11) is -3.71. The number of amides is 1. The van der Waals surface area contributed by atoms with E-state index in [2.05, 4.69) is 14.7 Å². The smallest absolute Gasteiger partial charge is 0.261 e. The highest BCUT2D eigenvalue weighted by molar-refractivity contribution is 7.92. The summed E-state index contributed by atoms with van der Waals surface area (Å²) in [5, 5.41) is 0. The number of hydrogen-bond donors (Lipinski definition) is 1. The third kappa shape index (κ3) is 4.41. The van der Waals surface area contributed by atoms with Crippen LogP contribution < -0.4 is 9.62 Å². The first kappa shape index (κ1) is 19.8. The van der Waals surface area contributed by atoms with Crippen LogP contribution >= 0.6 is 0 Å². The molecule has 0 radical (unpaired) electrons. The summed E-state index contributed by atoms with van der Waals surface area (Å²) in [6.07, 6.45) is 3.39. The minimum absolute atomic E-state index is 0.106. The number of nitrogens with one attached hydrogen (secondary N) is 1. The zero-order valence-electron chi connectivity index (χ0n) is 16.2. The molecule has 1 N–H and O–H groups in total. The molecule has 0 atom stereocenters. The van der Waals surface area contributed by atoms with Gasteiger partial charge in [-0.15, -0.1) is 0 Å². The summed E-state index contributed by atoms with van der Waals surface area (Å²) in [6.45, 7) is 2.38. The van der Waals surface area contributed by atoms with Crippen LogP contribution in [0.3, 0.4) is 0 Å². The molecule has 0 bridgehead atoms. The number of para-hydroxylation sites is 1. The highest BCUT2D eigenvalue weighted by Gasteiger charge is 2.24. The Morgan fingerprint density at radius 3 is 2.10 bits per heavy atom. The Kier molecular flexibility index (Phi) is 5.62. The number of rotatable bonds is 5. The molecule has 0 saturated carbocycles. The van der Waals surface area contributed by atoms with Crippen molar-refractivity contribution in [2.24, 2.45) is 0 Å². The van der Waals surface area contributed by atoms with Gasteiger partial charge in [0.2, 0.25) is 5.95 Å². The summed E-state index contributed by atoms with van der Waals surface area (Å²) in [6, 6.07) is 16.4. The van der Waals surface area contributed by atoms with Gasteiger partial charge in [-0.05, 0) is 42.5 Å². The van der Waals surface area contributed by atoms with E-state index in [1.807, 2.05) is 11.0 Å². The molecule has 1 amide bonds. The maximum atomic E-state index is 12.8. The Morgan fingerprint density at radius 2 is 1.47 bits per heavy atom. The van der Waals surface area contributed by atoms with E-state index in [0.717, 1.165) is 0 Å². The minimum Gasteiger partial charge on any atom is -0.337 e. The van der Waals surface area contributed by atoms with Gasteiger partial charge in [0.15, 0.2) is 0 Å². The van der Waals surface area contributed by atoms with Crippen LogP contribution in [0.15, 0.2) is 78.0 Å². The third-order valence-corrected chi connectivity index (χ3v) is 6.24. The first-order valence-electron chi connectivity index (χ1n) is 9.52. The van der Waals surface area contributed by atoms with Crippen molar-refractivity contribution in [1.82, 2.24) is 14.9 Å². The summed E-state index contributed by atoms with van der Waals surface area (Å²) in [4.78, 5) is 25.2. The lowest BCUT2D eigenvalue weighted by molar-refractivity contribution is 0.0746. The number of carbonyl (C=O) groups excluding carboxylic acids is 1. The number of piperazine rings is 1. The van der Waals surface area contributed by atoms with E-state index in [1.54, 1.807) is 59.8 Å². The number of carbonyl (C=O) groups is 1. The van der Waals surface area contributed by atoms with E-state index in [1.165, 1.54) is 12.1 Å². The van der Waals surface area contributed by atoms with Crippen LogP contribution in [0.4, 0.5) is 11.6 Å². The van der Waals surface area contributed by atoms with Gasteiger partial charge in [0.05, 0.1) is 4.90 Å². The Bertz CT molecular complexity index is 1100. The molecule has 0 spiro atoms. The molecule has 1 saturated heterocycles. The van der Waals surface area contributed by atoms with Crippen LogP contribution in [0, 0.1) is 0 Å². The molecule has 4 rings (SSSR count). The number of benzene rings is 2. The van der Waals surface area contributed by atoms with E-state index in [4.69, 9.17) is 0 Å². The van der Waals surface area contributed by atoms with Gasteiger partial charge in [-0.2, -0.15) is 0 Å². The van der Waals surface area contributed by atoms with Gasteiger partial charge >= 0.3 is 0 Å². The molecule has 2 heterocycles. The molecule has 1 aromatic heterocycles. The van der Waals surface area contributed by atoms with Gasteiger partial charge in [-0.1, -0.05) is 18.2 Å². The van der Waals surface area contributed by atoms with E-state index in [9.17, 15) is 13.2 Å². The highest BCUT2D eigenvalue weighted by Crippen LogP contribution is 2.18. The van der Waals surface area contributed by atoms with E-state index < -0.39 is 10.0 Å². The fourth-order valence-electron chi connectivity index (χ4n) is 3.24. The second-order valence-electron chi connectivity index (χ2n) is 6.82. The molecular weight excluding hydrogens is 402 g/mol. The largest absolute Gasteiger partial charge is 0.337 e. The fraction of sp³-hybridized carbons (Fsp3) is 0.190. The average molecular weight is 423 g/mol. The molecule has 1 fully saturated rings. The molecule has 154 valence electrons. The number of nitrogens with zero attached hydrogens (tertiary/aromatic N) is 4. The van der Waals surface area contributed by atoms with Crippen LogP contribution in [0.1, 0.15) is 10.4 Å². The van der Waals surface area contributed by atoms with Crippen LogP contribution in [0.2, 0.25) is 0 Å². The third-order valence-electron chi connectivity index (χ3n) is 4.84. The topological polar surface area (TPSA) is 95.5 Å². The summed E-state index contributed by atoms with van der Waals surface area (Å²) in [5.74, 6) is 0.536. The number of aromatic nitrogens is 2. The van der Waals surface area contributed by atoms with Crippen molar-refractivity contribution in [2.75, 3.05) is 35.8 Å². The average Bonchev–Trinajstić information content (AvgIpc) is 2.80. The van der Waals surface area contributed by atoms with Crippen molar-refractivity contribution >= 4 is 27.6 Å². The lowest BCUT2D eigenvalue weighted by Crippen LogP contribution is -2.49. The molecule has 9 heteroatoms. The maximum Gasteiger partial charge on any atom is 0.261 e. The van der Waals surface area contributed by atoms with Crippen LogP contribution in [0.5, 0.6) is 0 Å². The number of anilines is 2. The summed E-state index contributed by atoms with van der Waals surface area (Å²) >= 11 is 0. The van der Waals surface area contributed by atoms with E-state index >= 15 is 0 Å². The highest BCUT2D eigenvalue weighted by atomic mass is 32.2. The zero-order valence-corrected chi connectivity index (χ0v) is 17.0.